The van der Waals surface area contributed by atoms with Crippen LogP contribution in [-0.2, 0) is 13.0 Å². The summed E-state index contributed by atoms with van der Waals surface area (Å²) in [5.74, 6) is 1.88. The van der Waals surface area contributed by atoms with E-state index < -0.39 is 0 Å². The van der Waals surface area contributed by atoms with E-state index in [0.29, 0.717) is 6.04 Å². The van der Waals surface area contributed by atoms with Gasteiger partial charge in [0.15, 0.2) is 0 Å². The Balaban J connectivity index is 1.98. The predicted molar refractivity (Wildman–Crippen MR) is 79.3 cm³/mol. The number of fused-ring (bicyclic) bond motifs is 1. The van der Waals surface area contributed by atoms with Crippen LogP contribution in [0.3, 0.4) is 0 Å². The fraction of sp³-hybridized carbons (Fsp3) is 0.294. The zero-order chi connectivity index (χ0) is 13.9. The van der Waals surface area contributed by atoms with Gasteiger partial charge in [-0.05, 0) is 24.1 Å². The molecule has 2 aromatic rings. The van der Waals surface area contributed by atoms with Crippen LogP contribution in [0, 0.1) is 0 Å². The van der Waals surface area contributed by atoms with Gasteiger partial charge in [-0.1, -0.05) is 30.3 Å². The van der Waals surface area contributed by atoms with Crippen LogP contribution in [-0.4, -0.2) is 14.2 Å². The summed E-state index contributed by atoms with van der Waals surface area (Å²) in [7, 11) is 3.44. The van der Waals surface area contributed by atoms with E-state index in [1.165, 1.54) is 16.7 Å². The minimum absolute atomic E-state index is 0.324. The number of hydrogen-bond donors (Lipinski definition) is 1. The van der Waals surface area contributed by atoms with Crippen LogP contribution >= 0.6 is 0 Å². The summed E-state index contributed by atoms with van der Waals surface area (Å²) in [6, 6.07) is 14.8. The van der Waals surface area contributed by atoms with Crippen molar-refractivity contribution in [3.05, 3.63) is 59.2 Å². The molecule has 0 saturated heterocycles. The zero-order valence-corrected chi connectivity index (χ0v) is 11.8. The molecule has 0 spiro atoms. The summed E-state index contributed by atoms with van der Waals surface area (Å²) < 4.78 is 11.0. The molecule has 3 nitrogen and oxygen atoms in total. The van der Waals surface area contributed by atoms with E-state index in [4.69, 9.17) is 9.47 Å². The molecule has 1 atom stereocenters. The summed E-state index contributed by atoms with van der Waals surface area (Å²) in [6.07, 6.45) is 0.916. The van der Waals surface area contributed by atoms with Crippen LogP contribution in [0.1, 0.15) is 22.7 Å². The highest BCUT2D eigenvalue weighted by Crippen LogP contribution is 2.37. The van der Waals surface area contributed by atoms with Crippen LogP contribution in [0.15, 0.2) is 42.5 Å². The van der Waals surface area contributed by atoms with Gasteiger partial charge in [0.2, 0.25) is 0 Å². The molecule has 1 unspecified atom stereocenters. The van der Waals surface area contributed by atoms with E-state index in [0.717, 1.165) is 24.5 Å². The van der Waals surface area contributed by atoms with Crippen molar-refractivity contribution in [3.63, 3.8) is 0 Å². The lowest BCUT2D eigenvalue weighted by Crippen LogP contribution is -2.29. The summed E-state index contributed by atoms with van der Waals surface area (Å²) >= 11 is 0. The smallest absolute Gasteiger partial charge is 0.123 e. The van der Waals surface area contributed by atoms with Crippen LogP contribution in [0.2, 0.25) is 0 Å². The Labute approximate surface area is 119 Å². The average Bonchev–Trinajstić information content (AvgIpc) is 2.54. The van der Waals surface area contributed by atoms with Crippen LogP contribution < -0.4 is 14.8 Å². The highest BCUT2D eigenvalue weighted by molar-refractivity contribution is 5.50. The molecule has 1 N–H and O–H groups in total. The Morgan fingerprint density at radius 3 is 2.20 bits per heavy atom. The molecule has 3 heteroatoms. The SMILES string of the molecule is COc1ccc(OC)c2c1CNC(c1ccccc1)C2. The summed E-state index contributed by atoms with van der Waals surface area (Å²) in [4.78, 5) is 0. The molecule has 1 heterocycles. The first kappa shape index (κ1) is 13.0. The molecule has 2 aromatic carbocycles. The van der Waals surface area contributed by atoms with Gasteiger partial charge in [-0.3, -0.25) is 0 Å². The van der Waals surface area contributed by atoms with Crippen molar-refractivity contribution in [1.82, 2.24) is 5.32 Å². The van der Waals surface area contributed by atoms with Crippen molar-refractivity contribution in [3.8, 4) is 11.5 Å². The molecule has 20 heavy (non-hydrogen) atoms. The monoisotopic (exact) mass is 269 g/mol. The van der Waals surface area contributed by atoms with Crippen molar-refractivity contribution in [2.75, 3.05) is 14.2 Å². The first-order chi connectivity index (χ1) is 9.83. The molecular weight excluding hydrogens is 250 g/mol. The standard InChI is InChI=1S/C17H19NO2/c1-19-16-8-9-17(20-2)14-11-18-15(10-13(14)16)12-6-4-3-5-7-12/h3-9,15,18H,10-11H2,1-2H3. The maximum Gasteiger partial charge on any atom is 0.123 e. The van der Waals surface area contributed by atoms with Crippen molar-refractivity contribution in [2.24, 2.45) is 0 Å². The second kappa shape index (κ2) is 5.55. The molecule has 0 amide bonds. The van der Waals surface area contributed by atoms with Gasteiger partial charge >= 0.3 is 0 Å². The van der Waals surface area contributed by atoms with Crippen molar-refractivity contribution in [2.45, 2.75) is 19.0 Å². The van der Waals surface area contributed by atoms with E-state index in [1.807, 2.05) is 18.2 Å². The van der Waals surface area contributed by atoms with Gasteiger partial charge in [0.1, 0.15) is 11.5 Å². The lowest BCUT2D eigenvalue weighted by molar-refractivity contribution is 0.377. The zero-order valence-electron chi connectivity index (χ0n) is 11.8. The third-order valence-electron chi connectivity index (χ3n) is 3.92. The molecule has 104 valence electrons. The van der Waals surface area contributed by atoms with Crippen molar-refractivity contribution >= 4 is 0 Å². The molecule has 0 saturated carbocycles. The van der Waals surface area contributed by atoms with Crippen LogP contribution in [0.4, 0.5) is 0 Å². The fourth-order valence-electron chi connectivity index (χ4n) is 2.87. The molecule has 1 aliphatic rings. The molecule has 0 radical (unpaired) electrons. The highest BCUT2D eigenvalue weighted by atomic mass is 16.5. The Kier molecular flexibility index (Phi) is 3.61. The summed E-state index contributed by atoms with van der Waals surface area (Å²) in [6.45, 7) is 0.801. The minimum Gasteiger partial charge on any atom is -0.496 e. The van der Waals surface area contributed by atoms with E-state index in [9.17, 15) is 0 Å². The second-order valence-electron chi connectivity index (χ2n) is 4.98. The Hall–Kier alpha value is -2.00. The van der Waals surface area contributed by atoms with Gasteiger partial charge in [0.25, 0.3) is 0 Å². The van der Waals surface area contributed by atoms with Crippen molar-refractivity contribution in [1.29, 1.82) is 0 Å². The lowest BCUT2D eigenvalue weighted by atomic mass is 9.90. The van der Waals surface area contributed by atoms with E-state index >= 15 is 0 Å². The first-order valence-electron chi connectivity index (χ1n) is 6.84. The Morgan fingerprint density at radius 2 is 1.55 bits per heavy atom. The summed E-state index contributed by atoms with van der Waals surface area (Å²) in [5.41, 5.74) is 3.77. The topological polar surface area (TPSA) is 30.5 Å². The Bertz CT molecular complexity index is 595. The van der Waals surface area contributed by atoms with E-state index in [2.05, 4.69) is 29.6 Å². The third-order valence-corrected chi connectivity index (χ3v) is 3.92. The largest absolute Gasteiger partial charge is 0.496 e. The maximum atomic E-state index is 5.51. The molecule has 3 rings (SSSR count). The van der Waals surface area contributed by atoms with Gasteiger partial charge in [0, 0.05) is 23.7 Å². The minimum atomic E-state index is 0.324. The highest BCUT2D eigenvalue weighted by Gasteiger charge is 2.24. The second-order valence-corrected chi connectivity index (χ2v) is 4.98. The number of rotatable bonds is 3. The number of nitrogens with one attached hydrogen (secondary N) is 1. The molecule has 1 aliphatic heterocycles. The van der Waals surface area contributed by atoms with Gasteiger partial charge in [-0.25, -0.2) is 0 Å². The molecular formula is C17H19NO2. The number of hydrogen-bond acceptors (Lipinski definition) is 3. The van der Waals surface area contributed by atoms with Crippen LogP contribution in [0.5, 0.6) is 11.5 Å². The number of benzene rings is 2. The fourth-order valence-corrected chi connectivity index (χ4v) is 2.87. The summed E-state index contributed by atoms with van der Waals surface area (Å²) in [5, 5.41) is 3.58. The van der Waals surface area contributed by atoms with Gasteiger partial charge in [-0.2, -0.15) is 0 Å². The quantitative estimate of drug-likeness (QED) is 0.928. The average molecular weight is 269 g/mol. The van der Waals surface area contributed by atoms with Crippen LogP contribution in [0.25, 0.3) is 0 Å². The Morgan fingerprint density at radius 1 is 0.900 bits per heavy atom. The van der Waals surface area contributed by atoms with E-state index in [1.54, 1.807) is 14.2 Å². The molecule has 0 fully saturated rings. The van der Waals surface area contributed by atoms with E-state index in [-0.39, 0.29) is 0 Å². The number of methoxy groups -OCH3 is 2. The van der Waals surface area contributed by atoms with Crippen molar-refractivity contribution < 1.29 is 9.47 Å². The molecule has 0 aromatic heterocycles. The first-order valence-corrected chi connectivity index (χ1v) is 6.84. The van der Waals surface area contributed by atoms with Gasteiger partial charge < -0.3 is 14.8 Å². The van der Waals surface area contributed by atoms with Gasteiger partial charge in [0.05, 0.1) is 14.2 Å². The third kappa shape index (κ3) is 2.25. The lowest BCUT2D eigenvalue weighted by Gasteiger charge is -2.29. The normalized spacial score (nSPS) is 17.4. The molecule has 0 aliphatic carbocycles. The number of ether oxygens (including phenoxy) is 2. The maximum absolute atomic E-state index is 5.51. The molecule has 0 bridgehead atoms. The predicted octanol–water partition coefficient (Wildman–Crippen LogP) is 3.09. The van der Waals surface area contributed by atoms with Gasteiger partial charge in [-0.15, -0.1) is 0 Å².